The minimum absolute atomic E-state index is 0.137. The lowest BCUT2D eigenvalue weighted by Gasteiger charge is -2.31. The number of ether oxygens (including phenoxy) is 1. The highest BCUT2D eigenvalue weighted by atomic mass is 19.1. The fraction of sp³-hybridized carbons (Fsp3) is 0.462. The van der Waals surface area contributed by atoms with E-state index in [1.54, 1.807) is 17.0 Å². The van der Waals surface area contributed by atoms with Gasteiger partial charge in [-0.2, -0.15) is 0 Å². The van der Waals surface area contributed by atoms with Gasteiger partial charge in [0.2, 0.25) is 5.91 Å². The number of carbonyl (C=O) groups is 2. The van der Waals surface area contributed by atoms with Gasteiger partial charge in [0.1, 0.15) is 17.6 Å². The average Bonchev–Trinajstić information content (AvgIpc) is 3.28. The van der Waals surface area contributed by atoms with Crippen molar-refractivity contribution < 1.29 is 18.7 Å². The molecule has 1 saturated carbocycles. The summed E-state index contributed by atoms with van der Waals surface area (Å²) >= 11 is 0. The molecule has 0 bridgehead atoms. The first-order chi connectivity index (χ1) is 15.4. The van der Waals surface area contributed by atoms with Crippen LogP contribution in [0.3, 0.4) is 0 Å². The van der Waals surface area contributed by atoms with Crippen molar-refractivity contribution in [3.8, 4) is 5.75 Å². The maximum absolute atomic E-state index is 13.4. The molecule has 0 spiro atoms. The van der Waals surface area contributed by atoms with E-state index in [9.17, 15) is 14.0 Å². The second-order valence-corrected chi connectivity index (χ2v) is 8.55. The van der Waals surface area contributed by atoms with Gasteiger partial charge in [0, 0.05) is 12.6 Å². The van der Waals surface area contributed by atoms with Gasteiger partial charge in [0.15, 0.2) is 6.61 Å². The lowest BCUT2D eigenvalue weighted by Crippen LogP contribution is -2.52. The van der Waals surface area contributed by atoms with Crippen molar-refractivity contribution in [1.29, 1.82) is 0 Å². The van der Waals surface area contributed by atoms with Crippen molar-refractivity contribution in [2.75, 3.05) is 6.61 Å². The Morgan fingerprint density at radius 1 is 1.12 bits per heavy atom. The Morgan fingerprint density at radius 3 is 2.47 bits per heavy atom. The number of hydrogen-bond acceptors (Lipinski definition) is 3. The van der Waals surface area contributed by atoms with Gasteiger partial charge >= 0.3 is 0 Å². The lowest BCUT2D eigenvalue weighted by atomic mass is 10.1. The zero-order valence-corrected chi connectivity index (χ0v) is 19.2. The molecule has 0 saturated heterocycles. The molecule has 1 aliphatic rings. The molecule has 0 aliphatic heterocycles. The summed E-state index contributed by atoms with van der Waals surface area (Å²) in [4.78, 5) is 27.9. The van der Waals surface area contributed by atoms with Gasteiger partial charge in [-0.05, 0) is 68.0 Å². The molecular weight excluding hydrogens is 407 g/mol. The minimum atomic E-state index is -0.615. The number of aryl methyl sites for hydroxylation is 1. The molecule has 1 atom stereocenters. The highest BCUT2D eigenvalue weighted by molar-refractivity contribution is 5.88. The number of rotatable bonds is 9. The zero-order valence-electron chi connectivity index (χ0n) is 19.2. The molecule has 1 unspecified atom stereocenters. The van der Waals surface area contributed by atoms with Crippen molar-refractivity contribution in [2.45, 2.75) is 71.5 Å². The van der Waals surface area contributed by atoms with Crippen molar-refractivity contribution in [3.63, 3.8) is 0 Å². The average molecular weight is 441 g/mol. The minimum Gasteiger partial charge on any atom is -0.483 e. The highest BCUT2D eigenvalue weighted by Crippen LogP contribution is 2.22. The predicted octanol–water partition coefficient (Wildman–Crippen LogP) is 4.69. The fourth-order valence-corrected chi connectivity index (χ4v) is 4.18. The van der Waals surface area contributed by atoms with Gasteiger partial charge in [-0.25, -0.2) is 4.39 Å². The predicted molar refractivity (Wildman–Crippen MR) is 123 cm³/mol. The first kappa shape index (κ1) is 23.8. The van der Waals surface area contributed by atoms with Crippen LogP contribution in [0.25, 0.3) is 0 Å². The highest BCUT2D eigenvalue weighted by Gasteiger charge is 2.31. The molecule has 1 fully saturated rings. The molecular formula is C26H33FN2O3. The van der Waals surface area contributed by atoms with Gasteiger partial charge in [0.25, 0.3) is 5.91 Å². The molecule has 1 N–H and O–H groups in total. The summed E-state index contributed by atoms with van der Waals surface area (Å²) in [6.07, 6.45) is 4.66. The number of halogens is 1. The summed E-state index contributed by atoms with van der Waals surface area (Å²) in [7, 11) is 0. The second-order valence-electron chi connectivity index (χ2n) is 8.55. The Labute approximate surface area is 190 Å². The largest absolute Gasteiger partial charge is 0.483 e. The summed E-state index contributed by atoms with van der Waals surface area (Å²) in [5, 5.41) is 3.12. The van der Waals surface area contributed by atoms with E-state index in [0.717, 1.165) is 42.4 Å². The van der Waals surface area contributed by atoms with Crippen molar-refractivity contribution >= 4 is 11.8 Å². The van der Waals surface area contributed by atoms with Crippen LogP contribution >= 0.6 is 0 Å². The van der Waals surface area contributed by atoms with E-state index in [2.05, 4.69) is 5.32 Å². The van der Waals surface area contributed by atoms with Crippen LogP contribution in [0.1, 0.15) is 55.7 Å². The summed E-state index contributed by atoms with van der Waals surface area (Å²) in [6, 6.07) is 11.3. The zero-order chi connectivity index (χ0) is 23.1. The molecule has 0 heterocycles. The van der Waals surface area contributed by atoms with Gasteiger partial charge in [0.05, 0.1) is 0 Å². The van der Waals surface area contributed by atoms with E-state index < -0.39 is 6.04 Å². The van der Waals surface area contributed by atoms with E-state index in [4.69, 9.17) is 4.74 Å². The van der Waals surface area contributed by atoms with E-state index in [1.807, 2.05) is 39.0 Å². The maximum Gasteiger partial charge on any atom is 0.261 e. The smallest absolute Gasteiger partial charge is 0.261 e. The van der Waals surface area contributed by atoms with Gasteiger partial charge in [-0.15, -0.1) is 0 Å². The number of amides is 2. The number of hydrogen-bond donors (Lipinski definition) is 1. The van der Waals surface area contributed by atoms with Gasteiger partial charge < -0.3 is 15.0 Å². The number of nitrogens with one attached hydrogen (secondary N) is 1. The van der Waals surface area contributed by atoms with Crippen molar-refractivity contribution in [2.24, 2.45) is 0 Å². The lowest BCUT2D eigenvalue weighted by molar-refractivity contribution is -0.143. The van der Waals surface area contributed by atoms with E-state index in [1.165, 1.54) is 12.1 Å². The molecule has 2 aromatic rings. The van der Waals surface area contributed by atoms with Gasteiger partial charge in [-0.1, -0.05) is 44.0 Å². The number of carbonyl (C=O) groups excluding carboxylic acids is 2. The van der Waals surface area contributed by atoms with E-state index in [0.29, 0.717) is 12.2 Å². The Bertz CT molecular complexity index is 923. The number of benzene rings is 2. The third-order valence-electron chi connectivity index (χ3n) is 6.26. The standard InChI is InChI=1S/C26H33FN2O3/c1-4-23(26(31)28-22-9-5-6-10-22)29(16-20-12-14-21(27)15-13-20)25(30)17-32-24-11-7-8-18(2)19(24)3/h7-8,11-15,22-23H,4-6,9-10,16-17H2,1-3H3,(H,28,31). The molecule has 172 valence electrons. The quantitative estimate of drug-likeness (QED) is 0.616. The second kappa shape index (κ2) is 11.1. The van der Waals surface area contributed by atoms with E-state index in [-0.39, 0.29) is 36.8 Å². The van der Waals surface area contributed by atoms with Crippen LogP contribution in [-0.4, -0.2) is 35.4 Å². The molecule has 32 heavy (non-hydrogen) atoms. The molecule has 2 amide bonds. The van der Waals surface area contributed by atoms with Crippen LogP contribution in [0.4, 0.5) is 4.39 Å². The van der Waals surface area contributed by atoms with Crippen LogP contribution in [0.5, 0.6) is 5.75 Å². The van der Waals surface area contributed by atoms with Crippen LogP contribution in [0.2, 0.25) is 0 Å². The summed E-state index contributed by atoms with van der Waals surface area (Å²) in [5.41, 5.74) is 2.83. The van der Waals surface area contributed by atoms with Crippen LogP contribution in [-0.2, 0) is 16.1 Å². The maximum atomic E-state index is 13.4. The molecule has 1 aliphatic carbocycles. The molecule has 3 rings (SSSR count). The van der Waals surface area contributed by atoms with E-state index >= 15 is 0 Å². The third kappa shape index (κ3) is 6.09. The first-order valence-corrected chi connectivity index (χ1v) is 11.4. The first-order valence-electron chi connectivity index (χ1n) is 11.4. The van der Waals surface area contributed by atoms with Crippen LogP contribution in [0.15, 0.2) is 42.5 Å². The Kier molecular flexibility index (Phi) is 8.26. The van der Waals surface area contributed by atoms with Crippen molar-refractivity contribution in [3.05, 3.63) is 65.0 Å². The molecule has 6 heteroatoms. The molecule has 0 radical (unpaired) electrons. The third-order valence-corrected chi connectivity index (χ3v) is 6.26. The molecule has 0 aromatic heterocycles. The molecule has 2 aromatic carbocycles. The SMILES string of the molecule is CCC(C(=O)NC1CCCC1)N(Cc1ccc(F)cc1)C(=O)COc1cccc(C)c1C. The monoisotopic (exact) mass is 440 g/mol. The van der Waals surface area contributed by atoms with Crippen molar-refractivity contribution in [1.82, 2.24) is 10.2 Å². The topological polar surface area (TPSA) is 58.6 Å². The Balaban J connectivity index is 1.77. The van der Waals surface area contributed by atoms with Gasteiger partial charge in [-0.3, -0.25) is 9.59 Å². The Hall–Kier alpha value is -2.89. The van der Waals surface area contributed by atoms with Crippen LogP contribution in [0, 0.1) is 19.7 Å². The fourth-order valence-electron chi connectivity index (χ4n) is 4.18. The summed E-state index contributed by atoms with van der Waals surface area (Å²) in [5.74, 6) is -0.0929. The summed E-state index contributed by atoms with van der Waals surface area (Å²) < 4.78 is 19.2. The van der Waals surface area contributed by atoms with Crippen LogP contribution < -0.4 is 10.1 Å². The Morgan fingerprint density at radius 2 is 1.81 bits per heavy atom. The number of nitrogens with zero attached hydrogens (tertiary/aromatic N) is 1. The summed E-state index contributed by atoms with van der Waals surface area (Å²) in [6.45, 7) is 5.89. The normalized spacial score (nSPS) is 14.8. The molecule has 5 nitrogen and oxygen atoms in total.